The number of morpholine rings is 1. The number of fused-ring (bicyclic) bond motifs is 1. The molecule has 2 aromatic carbocycles. The molecule has 3 aliphatic heterocycles. The van der Waals surface area contributed by atoms with Gasteiger partial charge in [-0.3, -0.25) is 19.4 Å². The van der Waals surface area contributed by atoms with Gasteiger partial charge in [0.1, 0.15) is 5.70 Å². The molecule has 160 valence electrons. The number of nitrogens with zero attached hydrogens (tertiary/aromatic N) is 3. The zero-order chi connectivity index (χ0) is 21.4. The number of halogens is 1. The number of carbonyl (C=O) groups is 2. The lowest BCUT2D eigenvalue weighted by Gasteiger charge is -2.28. The van der Waals surface area contributed by atoms with E-state index in [2.05, 4.69) is 11.0 Å². The summed E-state index contributed by atoms with van der Waals surface area (Å²) in [6.07, 6.45) is 0.850. The van der Waals surface area contributed by atoms with Gasteiger partial charge in [0.25, 0.3) is 11.8 Å². The maximum Gasteiger partial charge on any atom is 0.278 e. The summed E-state index contributed by atoms with van der Waals surface area (Å²) >= 11 is 6.07. The van der Waals surface area contributed by atoms with E-state index in [0.29, 0.717) is 49.1 Å². The predicted octanol–water partition coefficient (Wildman–Crippen LogP) is 2.81. The number of para-hydroxylation sites is 1. The van der Waals surface area contributed by atoms with Crippen molar-refractivity contribution in [2.45, 2.75) is 6.42 Å². The number of hydrogen-bond donors (Lipinski definition) is 0. The predicted molar refractivity (Wildman–Crippen MR) is 120 cm³/mol. The first-order chi connectivity index (χ1) is 15.1. The second kappa shape index (κ2) is 8.46. The maximum atomic E-state index is 13.6. The summed E-state index contributed by atoms with van der Waals surface area (Å²) in [6, 6.07) is 15.2. The molecule has 0 bridgehead atoms. The zero-order valence-corrected chi connectivity index (χ0v) is 18.0. The van der Waals surface area contributed by atoms with Gasteiger partial charge in [0, 0.05) is 43.4 Å². The molecule has 0 N–H and O–H groups in total. The van der Waals surface area contributed by atoms with Crippen LogP contribution < -0.4 is 4.90 Å². The summed E-state index contributed by atoms with van der Waals surface area (Å²) in [5.41, 5.74) is 3.84. The van der Waals surface area contributed by atoms with Gasteiger partial charge in [-0.05, 0) is 35.7 Å². The van der Waals surface area contributed by atoms with E-state index in [1.165, 1.54) is 10.5 Å². The van der Waals surface area contributed by atoms with Crippen LogP contribution in [0.5, 0.6) is 0 Å². The lowest BCUT2D eigenvalue weighted by molar-refractivity contribution is -0.137. The van der Waals surface area contributed by atoms with Gasteiger partial charge in [0.15, 0.2) is 0 Å². The molecule has 1 saturated heterocycles. The fourth-order valence-corrected chi connectivity index (χ4v) is 4.66. The molecule has 3 heterocycles. The van der Waals surface area contributed by atoms with E-state index in [4.69, 9.17) is 16.3 Å². The number of benzene rings is 2. The fourth-order valence-electron chi connectivity index (χ4n) is 4.53. The van der Waals surface area contributed by atoms with Crippen molar-refractivity contribution >= 4 is 34.7 Å². The summed E-state index contributed by atoms with van der Waals surface area (Å²) in [6.45, 7) is 4.71. The Balaban J connectivity index is 1.50. The van der Waals surface area contributed by atoms with Crippen LogP contribution in [-0.4, -0.2) is 67.6 Å². The first-order valence-corrected chi connectivity index (χ1v) is 11.0. The number of ether oxygens (including phenoxy) is 1. The van der Waals surface area contributed by atoms with Gasteiger partial charge >= 0.3 is 0 Å². The lowest BCUT2D eigenvalue weighted by Crippen LogP contribution is -2.44. The second-order valence-corrected chi connectivity index (χ2v) is 8.41. The normalized spacial score (nSPS) is 19.5. The van der Waals surface area contributed by atoms with E-state index in [9.17, 15) is 9.59 Å². The summed E-state index contributed by atoms with van der Waals surface area (Å²) in [5, 5.41) is 0.596. The lowest BCUT2D eigenvalue weighted by atomic mass is 10.0. The van der Waals surface area contributed by atoms with Crippen LogP contribution in [0.4, 0.5) is 5.69 Å². The van der Waals surface area contributed by atoms with E-state index in [0.717, 1.165) is 30.8 Å². The van der Waals surface area contributed by atoms with Gasteiger partial charge in [-0.2, -0.15) is 0 Å². The first kappa shape index (κ1) is 20.2. The van der Waals surface area contributed by atoms with Crippen molar-refractivity contribution in [1.82, 2.24) is 9.80 Å². The Kier molecular flexibility index (Phi) is 5.52. The smallest absolute Gasteiger partial charge is 0.278 e. The van der Waals surface area contributed by atoms with Crippen molar-refractivity contribution in [2.24, 2.45) is 0 Å². The highest BCUT2D eigenvalue weighted by atomic mass is 35.5. The van der Waals surface area contributed by atoms with Crippen LogP contribution in [0.15, 0.2) is 54.2 Å². The third-order valence-corrected chi connectivity index (χ3v) is 6.43. The van der Waals surface area contributed by atoms with Crippen molar-refractivity contribution in [1.29, 1.82) is 0 Å². The van der Waals surface area contributed by atoms with Crippen LogP contribution in [0, 0.1) is 0 Å². The first-order valence-electron chi connectivity index (χ1n) is 10.7. The zero-order valence-electron chi connectivity index (χ0n) is 17.2. The number of carbonyl (C=O) groups excluding carboxylic acids is 2. The highest BCUT2D eigenvalue weighted by Crippen LogP contribution is 2.38. The van der Waals surface area contributed by atoms with Crippen LogP contribution in [-0.2, 0) is 20.7 Å². The molecule has 0 radical (unpaired) electrons. The molecule has 0 saturated carbocycles. The standard InChI is InChI=1S/C24H24ClN3O3/c25-19-7-5-18(6-8-19)21-22(27-10-9-17-3-1-2-4-20(17)27)24(30)28(23(21)29)12-11-26-13-15-31-16-14-26/h1-8H,9-16H2. The monoisotopic (exact) mass is 437 g/mol. The van der Waals surface area contributed by atoms with Crippen LogP contribution in [0.25, 0.3) is 5.57 Å². The van der Waals surface area contributed by atoms with Crippen LogP contribution >= 0.6 is 11.6 Å². The molecule has 3 aliphatic rings. The topological polar surface area (TPSA) is 53.1 Å². The SMILES string of the molecule is O=C1C(c2ccc(Cl)cc2)=C(N2CCc3ccccc32)C(=O)N1CCN1CCOCC1. The Morgan fingerprint density at radius 2 is 1.61 bits per heavy atom. The molecule has 0 aliphatic carbocycles. The number of amides is 2. The van der Waals surface area contributed by atoms with Gasteiger partial charge in [0.05, 0.1) is 18.8 Å². The third-order valence-electron chi connectivity index (χ3n) is 6.18. The van der Waals surface area contributed by atoms with E-state index < -0.39 is 0 Å². The van der Waals surface area contributed by atoms with Gasteiger partial charge in [-0.15, -0.1) is 0 Å². The molecule has 7 heteroatoms. The highest BCUT2D eigenvalue weighted by molar-refractivity contribution is 6.37. The molecule has 0 atom stereocenters. The Morgan fingerprint density at radius 3 is 2.39 bits per heavy atom. The quantitative estimate of drug-likeness (QED) is 0.673. The van der Waals surface area contributed by atoms with E-state index in [1.54, 1.807) is 12.1 Å². The van der Waals surface area contributed by atoms with Gasteiger partial charge in [-0.1, -0.05) is 41.9 Å². The van der Waals surface area contributed by atoms with Crippen LogP contribution in [0.3, 0.4) is 0 Å². The Bertz CT molecular complexity index is 1040. The highest BCUT2D eigenvalue weighted by Gasteiger charge is 2.43. The fraction of sp³-hybridized carbons (Fsp3) is 0.333. The molecule has 5 rings (SSSR count). The van der Waals surface area contributed by atoms with Crippen molar-refractivity contribution in [3.63, 3.8) is 0 Å². The molecular formula is C24H24ClN3O3. The minimum absolute atomic E-state index is 0.222. The Morgan fingerprint density at radius 1 is 0.871 bits per heavy atom. The Labute approximate surface area is 186 Å². The molecule has 1 fully saturated rings. The van der Waals surface area contributed by atoms with Gasteiger partial charge in [-0.25, -0.2) is 0 Å². The molecule has 0 spiro atoms. The molecule has 0 unspecified atom stereocenters. The molecule has 2 amide bonds. The summed E-state index contributed by atoms with van der Waals surface area (Å²) < 4.78 is 5.40. The van der Waals surface area contributed by atoms with Gasteiger partial charge < -0.3 is 9.64 Å². The van der Waals surface area contributed by atoms with Crippen molar-refractivity contribution < 1.29 is 14.3 Å². The third kappa shape index (κ3) is 3.76. The minimum Gasteiger partial charge on any atom is -0.379 e. The van der Waals surface area contributed by atoms with E-state index in [-0.39, 0.29) is 11.8 Å². The average Bonchev–Trinajstić information content (AvgIpc) is 3.32. The maximum absolute atomic E-state index is 13.6. The number of hydrogen-bond acceptors (Lipinski definition) is 5. The van der Waals surface area contributed by atoms with Gasteiger partial charge in [0.2, 0.25) is 0 Å². The van der Waals surface area contributed by atoms with Crippen LogP contribution in [0.1, 0.15) is 11.1 Å². The van der Waals surface area contributed by atoms with Crippen molar-refractivity contribution in [2.75, 3.05) is 50.8 Å². The van der Waals surface area contributed by atoms with Crippen molar-refractivity contribution in [3.05, 3.63) is 70.4 Å². The number of rotatable bonds is 5. The minimum atomic E-state index is -0.236. The molecule has 2 aromatic rings. The number of anilines is 1. The Hall–Kier alpha value is -2.67. The second-order valence-electron chi connectivity index (χ2n) is 7.98. The van der Waals surface area contributed by atoms with E-state index in [1.807, 2.05) is 35.2 Å². The molecule has 6 nitrogen and oxygen atoms in total. The summed E-state index contributed by atoms with van der Waals surface area (Å²) in [7, 11) is 0. The van der Waals surface area contributed by atoms with Crippen molar-refractivity contribution in [3.8, 4) is 0 Å². The largest absolute Gasteiger partial charge is 0.379 e. The van der Waals surface area contributed by atoms with Crippen LogP contribution in [0.2, 0.25) is 5.02 Å². The molecular weight excluding hydrogens is 414 g/mol. The molecule has 31 heavy (non-hydrogen) atoms. The average molecular weight is 438 g/mol. The number of imide groups is 1. The van der Waals surface area contributed by atoms with E-state index >= 15 is 0 Å². The summed E-state index contributed by atoms with van der Waals surface area (Å²) in [4.78, 5) is 32.7. The summed E-state index contributed by atoms with van der Waals surface area (Å²) in [5.74, 6) is -0.458. The molecule has 0 aromatic heterocycles.